The third-order valence-corrected chi connectivity index (χ3v) is 6.32. The van der Waals surface area contributed by atoms with E-state index in [1.807, 2.05) is 0 Å². The van der Waals surface area contributed by atoms with E-state index in [4.69, 9.17) is 62.2 Å². The lowest BCUT2D eigenvalue weighted by Gasteiger charge is -2.56. The van der Waals surface area contributed by atoms with E-state index in [9.17, 15) is 14.4 Å². The Balaban J connectivity index is 2.28. The van der Waals surface area contributed by atoms with Gasteiger partial charge in [-0.25, -0.2) is 4.79 Å². The standard InChI is InChI=1S/C13H13Cl3N2O5S3/c1-2-22-6-3-25-10-13(17,11(24)26-5-19)9(21)18(10)7(6)8(20)23-4-12(14,15)16/h3,5,7,10H,2,4,17H2,1H3/t7?,10-,13?/m0/s1. The molecule has 2 aliphatic heterocycles. The minimum Gasteiger partial charge on any atom is -0.495 e. The predicted molar refractivity (Wildman–Crippen MR) is 107 cm³/mol. The van der Waals surface area contributed by atoms with Crippen molar-refractivity contribution in [2.75, 3.05) is 13.2 Å². The molecule has 1 saturated heterocycles. The predicted octanol–water partition coefficient (Wildman–Crippen LogP) is 2.01. The van der Waals surface area contributed by atoms with E-state index >= 15 is 0 Å². The Labute approximate surface area is 178 Å². The molecule has 0 aliphatic carbocycles. The Hall–Kier alpha value is -0.230. The molecule has 13 heteroatoms. The molecule has 2 N–H and O–H groups in total. The fourth-order valence-electron chi connectivity index (χ4n) is 2.41. The first-order valence-electron chi connectivity index (χ1n) is 7.06. The second-order valence-corrected chi connectivity index (χ2v) is 10.1. The highest BCUT2D eigenvalue weighted by Gasteiger charge is 2.66. The number of ether oxygens (including phenoxy) is 2. The van der Waals surface area contributed by atoms with Crippen molar-refractivity contribution in [3.63, 3.8) is 0 Å². The number of fused-ring (bicyclic) bond motifs is 1. The van der Waals surface area contributed by atoms with Crippen LogP contribution < -0.4 is 5.73 Å². The molecule has 144 valence electrons. The van der Waals surface area contributed by atoms with Gasteiger partial charge >= 0.3 is 5.97 Å². The van der Waals surface area contributed by atoms with Crippen molar-refractivity contribution in [3.05, 3.63) is 11.2 Å². The molecule has 0 bridgehead atoms. The summed E-state index contributed by atoms with van der Waals surface area (Å²) < 4.78 is 8.67. The van der Waals surface area contributed by atoms with Gasteiger partial charge in [0.2, 0.25) is 3.79 Å². The van der Waals surface area contributed by atoms with Crippen molar-refractivity contribution in [2.24, 2.45) is 5.73 Å². The number of nitrogens with two attached hydrogens (primary N) is 1. The normalized spacial score (nSPS) is 27.8. The molecule has 2 heterocycles. The van der Waals surface area contributed by atoms with Gasteiger partial charge in [0.15, 0.2) is 17.2 Å². The molecule has 26 heavy (non-hydrogen) atoms. The van der Waals surface area contributed by atoms with Gasteiger partial charge < -0.3 is 20.1 Å². The smallest absolute Gasteiger partial charge is 0.337 e. The Bertz CT molecular complexity index is 672. The summed E-state index contributed by atoms with van der Waals surface area (Å²) in [6, 6.07) is -1.18. The lowest BCUT2D eigenvalue weighted by atomic mass is 9.88. The second-order valence-electron chi connectivity index (χ2n) is 5.15. The van der Waals surface area contributed by atoms with E-state index in [0.29, 0.717) is 17.4 Å². The minimum absolute atomic E-state index is 0.0212. The van der Waals surface area contributed by atoms with Crippen molar-refractivity contribution in [2.45, 2.75) is 27.7 Å². The van der Waals surface area contributed by atoms with Crippen LogP contribution in [-0.4, -0.2) is 60.6 Å². The Kier molecular flexibility index (Phi) is 7.14. The average molecular weight is 480 g/mol. The highest BCUT2D eigenvalue weighted by atomic mass is 35.6. The Morgan fingerprint density at radius 2 is 2.23 bits per heavy atom. The molecule has 2 aliphatic rings. The number of hydrogen-bond acceptors (Lipinski definition) is 9. The molecule has 0 aromatic heterocycles. The maximum absolute atomic E-state index is 12.7. The van der Waals surface area contributed by atoms with Crippen molar-refractivity contribution < 1.29 is 23.9 Å². The van der Waals surface area contributed by atoms with Gasteiger partial charge in [-0.1, -0.05) is 47.0 Å². The molecule has 0 saturated carbocycles. The molecule has 0 aromatic rings. The van der Waals surface area contributed by atoms with E-state index in [-0.39, 0.29) is 16.6 Å². The summed E-state index contributed by atoms with van der Waals surface area (Å²) >= 11 is 23.7. The average Bonchev–Trinajstić information content (AvgIpc) is 2.58. The number of halogens is 3. The fraction of sp³-hybridized carbons (Fsp3) is 0.538. The van der Waals surface area contributed by atoms with Crippen LogP contribution in [0.2, 0.25) is 0 Å². The first-order chi connectivity index (χ1) is 12.1. The van der Waals surface area contributed by atoms with Crippen molar-refractivity contribution >= 4 is 92.2 Å². The van der Waals surface area contributed by atoms with Gasteiger partial charge in [-0.15, -0.1) is 11.8 Å². The lowest BCUT2D eigenvalue weighted by Crippen LogP contribution is -2.82. The molecule has 3 atom stereocenters. The maximum atomic E-state index is 12.7. The molecule has 1 amide bonds. The second kappa shape index (κ2) is 8.42. The Morgan fingerprint density at radius 1 is 1.58 bits per heavy atom. The highest BCUT2D eigenvalue weighted by Crippen LogP contribution is 2.47. The SMILES string of the molecule is CCOC1=CS[C@@H]2N(C(=O)C2(N)C(=S)SC=O)C1C(=O)OCC(Cl)(Cl)Cl. The zero-order chi connectivity index (χ0) is 19.7. The monoisotopic (exact) mass is 478 g/mol. The summed E-state index contributed by atoms with van der Waals surface area (Å²) in [5, 5.41) is 0.873. The fourth-order valence-corrected chi connectivity index (χ4v) is 4.76. The molecule has 0 aromatic carbocycles. The van der Waals surface area contributed by atoms with Crippen LogP contribution in [-0.2, 0) is 23.9 Å². The summed E-state index contributed by atoms with van der Waals surface area (Å²) in [5.74, 6) is -1.23. The summed E-state index contributed by atoms with van der Waals surface area (Å²) in [6.45, 7) is 1.49. The zero-order valence-corrected chi connectivity index (χ0v) is 17.9. The van der Waals surface area contributed by atoms with Gasteiger partial charge in [-0.2, -0.15) is 0 Å². The largest absolute Gasteiger partial charge is 0.495 e. The van der Waals surface area contributed by atoms with E-state index < -0.39 is 39.2 Å². The van der Waals surface area contributed by atoms with Gasteiger partial charge in [-0.05, 0) is 18.7 Å². The molecule has 7 nitrogen and oxygen atoms in total. The van der Waals surface area contributed by atoms with Crippen LogP contribution in [0.4, 0.5) is 0 Å². The summed E-state index contributed by atoms with van der Waals surface area (Å²) in [5.41, 5.74) is 5.07. The number of β-lactam (4-membered cyclic amide) rings is 1. The van der Waals surface area contributed by atoms with Crippen LogP contribution in [0, 0.1) is 0 Å². The van der Waals surface area contributed by atoms with Crippen LogP contribution in [0.25, 0.3) is 0 Å². The zero-order valence-electron chi connectivity index (χ0n) is 13.1. The number of rotatable bonds is 6. The number of hydrogen-bond donors (Lipinski definition) is 1. The molecule has 2 rings (SSSR count). The number of thiocarbonyl (C=S) groups is 1. The van der Waals surface area contributed by atoms with Gasteiger partial charge in [0.25, 0.3) is 5.91 Å². The minimum atomic E-state index is -1.80. The number of carbonyl (C=O) groups is 3. The number of esters is 1. The highest BCUT2D eigenvalue weighted by molar-refractivity contribution is 8.32. The van der Waals surface area contributed by atoms with Gasteiger partial charge in [0.1, 0.15) is 17.7 Å². The summed E-state index contributed by atoms with van der Waals surface area (Å²) in [4.78, 5) is 37.1. The van der Waals surface area contributed by atoms with Gasteiger partial charge in [0, 0.05) is 5.41 Å². The van der Waals surface area contributed by atoms with Crippen molar-refractivity contribution in [1.29, 1.82) is 0 Å². The van der Waals surface area contributed by atoms with Crippen LogP contribution in [0.5, 0.6) is 0 Å². The van der Waals surface area contributed by atoms with Crippen molar-refractivity contribution in [3.8, 4) is 0 Å². The molecule has 0 spiro atoms. The van der Waals surface area contributed by atoms with Crippen LogP contribution in [0.3, 0.4) is 0 Å². The van der Waals surface area contributed by atoms with Crippen molar-refractivity contribution in [1.82, 2.24) is 4.90 Å². The maximum Gasteiger partial charge on any atom is 0.337 e. The first kappa shape index (κ1) is 22.1. The van der Waals surface area contributed by atoms with Gasteiger partial charge in [-0.3, -0.25) is 9.59 Å². The number of nitrogens with zero attached hydrogens (tertiary/aromatic N) is 1. The summed E-state index contributed by atoms with van der Waals surface area (Å²) in [6.07, 6.45) is 0. The first-order valence-corrected chi connectivity index (χ1v) is 10.4. The topological polar surface area (TPSA) is 98.9 Å². The third kappa shape index (κ3) is 4.11. The van der Waals surface area contributed by atoms with Crippen LogP contribution in [0.15, 0.2) is 11.2 Å². The number of carbonyl (C=O) groups excluding carboxylic acids is 3. The number of thioether (sulfide) groups is 2. The molecular formula is C13H13Cl3N2O5S3. The molecule has 1 fully saturated rings. The molecular weight excluding hydrogens is 467 g/mol. The van der Waals surface area contributed by atoms with Gasteiger partial charge in [0.05, 0.1) is 10.8 Å². The Morgan fingerprint density at radius 3 is 2.77 bits per heavy atom. The van der Waals surface area contributed by atoms with Crippen LogP contribution in [0.1, 0.15) is 6.92 Å². The van der Waals surface area contributed by atoms with Crippen LogP contribution >= 0.6 is 70.5 Å². The quantitative estimate of drug-likeness (QED) is 0.202. The van der Waals surface area contributed by atoms with E-state index in [1.165, 1.54) is 4.90 Å². The van der Waals surface area contributed by atoms with E-state index in [2.05, 4.69) is 0 Å². The van der Waals surface area contributed by atoms with E-state index in [0.717, 1.165) is 11.8 Å². The molecule has 2 unspecified atom stereocenters. The lowest BCUT2D eigenvalue weighted by molar-refractivity contribution is -0.165. The summed E-state index contributed by atoms with van der Waals surface area (Å²) in [7, 11) is 0. The third-order valence-electron chi connectivity index (χ3n) is 3.50. The van der Waals surface area contributed by atoms with E-state index in [1.54, 1.807) is 12.3 Å². The molecule has 0 radical (unpaired) electrons. The number of alkyl halides is 3. The number of amides is 1.